The van der Waals surface area contributed by atoms with E-state index < -0.39 is 23.9 Å². The highest BCUT2D eigenvalue weighted by Gasteiger charge is 2.33. The fourth-order valence-corrected chi connectivity index (χ4v) is 4.09. The molecule has 2 aliphatic heterocycles. The van der Waals surface area contributed by atoms with Crippen LogP contribution in [0.25, 0.3) is 0 Å². The Kier molecular flexibility index (Phi) is 5.31. The molecule has 0 aromatic heterocycles. The van der Waals surface area contributed by atoms with E-state index in [9.17, 15) is 24.0 Å². The van der Waals surface area contributed by atoms with E-state index in [1.165, 1.54) is 18.2 Å². The van der Waals surface area contributed by atoms with Gasteiger partial charge in [0.1, 0.15) is 28.6 Å². The highest BCUT2D eigenvalue weighted by atomic mass is 16.6. The predicted octanol–water partition coefficient (Wildman–Crippen LogP) is 5.12. The molecule has 0 fully saturated rings. The Morgan fingerprint density at radius 2 is 1.08 bits per heavy atom. The average molecular weight is 506 g/mol. The predicted molar refractivity (Wildman–Crippen MR) is 129 cm³/mol. The SMILES string of the molecule is O=C(c1ccc(Oc2ccc3c(c2)C(=O)OC3=O)cc1)c1ccc(Oc2cccc3c2C(=O)OC3=O)cc1. The van der Waals surface area contributed by atoms with E-state index in [1.807, 2.05) is 0 Å². The molecule has 0 aliphatic carbocycles. The number of fused-ring (bicyclic) bond motifs is 2. The number of carbonyl (C=O) groups is 5. The molecule has 0 spiro atoms. The van der Waals surface area contributed by atoms with Crippen LogP contribution in [0.5, 0.6) is 23.0 Å². The number of cyclic esters (lactones) is 4. The summed E-state index contributed by atoms with van der Waals surface area (Å²) in [4.78, 5) is 60.0. The average Bonchev–Trinajstić information content (AvgIpc) is 3.38. The number of esters is 4. The van der Waals surface area contributed by atoms with Crippen LogP contribution in [0.3, 0.4) is 0 Å². The molecule has 0 N–H and O–H groups in total. The molecule has 9 heteroatoms. The van der Waals surface area contributed by atoms with E-state index in [4.69, 9.17) is 9.47 Å². The molecule has 0 unspecified atom stereocenters. The van der Waals surface area contributed by atoms with Crippen LogP contribution in [0.15, 0.2) is 84.9 Å². The molecule has 184 valence electrons. The van der Waals surface area contributed by atoms with E-state index in [0.29, 0.717) is 28.4 Å². The Morgan fingerprint density at radius 1 is 0.526 bits per heavy atom. The maximum Gasteiger partial charge on any atom is 0.350 e. The third-order valence-corrected chi connectivity index (χ3v) is 5.95. The normalized spacial score (nSPS) is 13.5. The standard InChI is InChI=1S/C29H14O9/c30-25(15-4-8-17(9-5-15)35-19-12-13-20-22(14-19)28(33)37-26(20)31)16-6-10-18(11-7-16)36-23-3-1-2-21-24(23)29(34)38-27(21)32/h1-14H. The zero-order chi connectivity index (χ0) is 26.4. The van der Waals surface area contributed by atoms with Crippen molar-refractivity contribution in [2.24, 2.45) is 0 Å². The van der Waals surface area contributed by atoms with Crippen LogP contribution >= 0.6 is 0 Å². The number of ether oxygens (including phenoxy) is 4. The number of ketones is 1. The van der Waals surface area contributed by atoms with E-state index >= 15 is 0 Å². The lowest BCUT2D eigenvalue weighted by molar-refractivity contribution is 0.0425. The highest BCUT2D eigenvalue weighted by molar-refractivity contribution is 6.16. The van der Waals surface area contributed by atoms with Gasteiger partial charge in [-0.05, 0) is 78.9 Å². The van der Waals surface area contributed by atoms with Crippen molar-refractivity contribution >= 4 is 29.7 Å². The molecule has 9 nitrogen and oxygen atoms in total. The first-order chi connectivity index (χ1) is 18.4. The molecular formula is C29H14O9. The molecule has 4 aromatic carbocycles. The summed E-state index contributed by atoms with van der Waals surface area (Å²) in [6.45, 7) is 0. The van der Waals surface area contributed by atoms with Gasteiger partial charge in [-0.3, -0.25) is 4.79 Å². The van der Waals surface area contributed by atoms with Crippen molar-refractivity contribution in [3.63, 3.8) is 0 Å². The van der Waals surface area contributed by atoms with Crippen molar-refractivity contribution in [3.8, 4) is 23.0 Å². The van der Waals surface area contributed by atoms with E-state index in [2.05, 4.69) is 9.47 Å². The first-order valence-electron chi connectivity index (χ1n) is 11.3. The Labute approximate surface area is 214 Å². The fourth-order valence-electron chi connectivity index (χ4n) is 4.09. The zero-order valence-electron chi connectivity index (χ0n) is 19.3. The Morgan fingerprint density at radius 3 is 1.76 bits per heavy atom. The van der Waals surface area contributed by atoms with Gasteiger partial charge in [0.05, 0.1) is 16.7 Å². The van der Waals surface area contributed by atoms with Crippen LogP contribution in [0.1, 0.15) is 57.4 Å². The number of hydrogen-bond acceptors (Lipinski definition) is 9. The quantitative estimate of drug-likeness (QED) is 0.199. The fraction of sp³-hybridized carbons (Fsp3) is 0. The Bertz CT molecular complexity index is 1680. The zero-order valence-corrected chi connectivity index (χ0v) is 19.3. The topological polar surface area (TPSA) is 122 Å². The smallest absolute Gasteiger partial charge is 0.350 e. The van der Waals surface area contributed by atoms with Gasteiger partial charge < -0.3 is 18.9 Å². The van der Waals surface area contributed by atoms with Crippen LogP contribution in [0.4, 0.5) is 0 Å². The van der Waals surface area contributed by atoms with Gasteiger partial charge in [-0.15, -0.1) is 0 Å². The first kappa shape index (κ1) is 22.9. The van der Waals surface area contributed by atoms with Gasteiger partial charge >= 0.3 is 23.9 Å². The molecule has 0 radical (unpaired) electrons. The molecular weight excluding hydrogens is 492 g/mol. The second kappa shape index (κ2) is 8.82. The maximum atomic E-state index is 12.9. The second-order valence-electron chi connectivity index (χ2n) is 8.32. The summed E-state index contributed by atoms with van der Waals surface area (Å²) in [5.41, 5.74) is 1.34. The molecule has 38 heavy (non-hydrogen) atoms. The number of hydrogen-bond donors (Lipinski definition) is 0. The summed E-state index contributed by atoms with van der Waals surface area (Å²) < 4.78 is 20.7. The molecule has 0 saturated heterocycles. The molecule has 0 saturated carbocycles. The maximum absolute atomic E-state index is 12.9. The minimum Gasteiger partial charge on any atom is -0.457 e. The lowest BCUT2D eigenvalue weighted by atomic mass is 10.0. The Hall–Kier alpha value is -5.57. The lowest BCUT2D eigenvalue weighted by Gasteiger charge is -2.09. The molecule has 6 rings (SSSR count). The second-order valence-corrected chi connectivity index (χ2v) is 8.32. The van der Waals surface area contributed by atoms with Crippen molar-refractivity contribution in [2.75, 3.05) is 0 Å². The highest BCUT2D eigenvalue weighted by Crippen LogP contribution is 2.33. The summed E-state index contributed by atoms with van der Waals surface area (Å²) in [6, 6.07) is 21.8. The third kappa shape index (κ3) is 3.97. The van der Waals surface area contributed by atoms with Gasteiger partial charge in [-0.2, -0.15) is 0 Å². The van der Waals surface area contributed by atoms with Crippen LogP contribution < -0.4 is 9.47 Å². The molecule has 0 atom stereocenters. The van der Waals surface area contributed by atoms with Gasteiger partial charge in [-0.1, -0.05) is 6.07 Å². The first-order valence-corrected chi connectivity index (χ1v) is 11.3. The van der Waals surface area contributed by atoms with Crippen molar-refractivity contribution in [2.45, 2.75) is 0 Å². The summed E-state index contributed by atoms with van der Waals surface area (Å²) >= 11 is 0. The van der Waals surface area contributed by atoms with E-state index in [-0.39, 0.29) is 33.8 Å². The molecule has 2 aliphatic rings. The van der Waals surface area contributed by atoms with Gasteiger partial charge in [-0.25, -0.2) is 19.2 Å². The van der Waals surface area contributed by atoms with Crippen molar-refractivity contribution in [3.05, 3.63) is 118 Å². The van der Waals surface area contributed by atoms with Crippen LogP contribution in [-0.2, 0) is 9.47 Å². The summed E-state index contributed by atoms with van der Waals surface area (Å²) in [5, 5.41) is 0. The third-order valence-electron chi connectivity index (χ3n) is 5.95. The van der Waals surface area contributed by atoms with Crippen molar-refractivity contribution in [1.82, 2.24) is 0 Å². The largest absolute Gasteiger partial charge is 0.457 e. The van der Waals surface area contributed by atoms with E-state index in [1.54, 1.807) is 66.7 Å². The molecule has 4 aromatic rings. The van der Waals surface area contributed by atoms with E-state index in [0.717, 1.165) is 0 Å². The van der Waals surface area contributed by atoms with Crippen LogP contribution in [-0.4, -0.2) is 29.7 Å². The number of carbonyl (C=O) groups excluding carboxylic acids is 5. The van der Waals surface area contributed by atoms with Gasteiger partial charge in [0.25, 0.3) is 0 Å². The Balaban J connectivity index is 1.14. The number of rotatable bonds is 6. The molecule has 2 heterocycles. The van der Waals surface area contributed by atoms with Crippen molar-refractivity contribution in [1.29, 1.82) is 0 Å². The molecule has 0 bridgehead atoms. The summed E-state index contributed by atoms with van der Waals surface area (Å²) in [6.07, 6.45) is 0. The monoisotopic (exact) mass is 506 g/mol. The van der Waals surface area contributed by atoms with Crippen LogP contribution in [0, 0.1) is 0 Å². The minimum absolute atomic E-state index is 0.0632. The summed E-state index contributed by atoms with van der Waals surface area (Å²) in [7, 11) is 0. The van der Waals surface area contributed by atoms with Gasteiger partial charge in [0.15, 0.2) is 5.78 Å². The molecule has 0 amide bonds. The van der Waals surface area contributed by atoms with Crippen molar-refractivity contribution < 1.29 is 42.9 Å². The number of benzene rings is 4. The summed E-state index contributed by atoms with van der Waals surface area (Å²) in [5.74, 6) is -1.83. The van der Waals surface area contributed by atoms with Gasteiger partial charge in [0.2, 0.25) is 0 Å². The van der Waals surface area contributed by atoms with Crippen LogP contribution in [0.2, 0.25) is 0 Å². The minimum atomic E-state index is -0.770. The van der Waals surface area contributed by atoms with Gasteiger partial charge in [0, 0.05) is 11.1 Å². The lowest BCUT2D eigenvalue weighted by Crippen LogP contribution is -2.01.